The van der Waals surface area contributed by atoms with Gasteiger partial charge in [0.1, 0.15) is 5.75 Å². The lowest BCUT2D eigenvalue weighted by Gasteiger charge is -2.12. The molecule has 0 aromatic heterocycles. The van der Waals surface area contributed by atoms with E-state index in [1.165, 1.54) is 0 Å². The minimum absolute atomic E-state index is 0.221. The number of benzene rings is 3. The van der Waals surface area contributed by atoms with Crippen LogP contribution in [0, 0.1) is 3.57 Å². The van der Waals surface area contributed by atoms with Crippen molar-refractivity contribution in [3.8, 4) is 5.75 Å². The first-order valence-electron chi connectivity index (χ1n) is 9.14. The molecule has 0 radical (unpaired) electrons. The Morgan fingerprint density at radius 3 is 2.38 bits per heavy atom. The second kappa shape index (κ2) is 10.1. The van der Waals surface area contributed by atoms with Crippen LogP contribution in [0.3, 0.4) is 0 Å². The number of carbonyl (C=O) groups excluding carboxylic acids is 2. The van der Waals surface area contributed by atoms with Gasteiger partial charge in [0.2, 0.25) is 0 Å². The highest BCUT2D eigenvalue weighted by Gasteiger charge is 2.15. The zero-order valence-corrected chi connectivity index (χ0v) is 18.1. The van der Waals surface area contributed by atoms with Gasteiger partial charge >= 0.3 is 0 Å². The lowest BCUT2D eigenvalue weighted by atomic mass is 10.1. The van der Waals surface area contributed by atoms with E-state index in [0.717, 1.165) is 15.6 Å². The van der Waals surface area contributed by atoms with Crippen molar-refractivity contribution in [1.82, 2.24) is 5.32 Å². The van der Waals surface area contributed by atoms with E-state index in [1.807, 2.05) is 30.3 Å². The summed E-state index contributed by atoms with van der Waals surface area (Å²) in [6.45, 7) is 0.516. The molecule has 5 nitrogen and oxygen atoms in total. The van der Waals surface area contributed by atoms with Crippen molar-refractivity contribution in [1.29, 1.82) is 0 Å². The Hall–Kier alpha value is -2.87. The number of amides is 2. The van der Waals surface area contributed by atoms with Crippen molar-refractivity contribution in [3.05, 3.63) is 93.1 Å². The highest BCUT2D eigenvalue weighted by molar-refractivity contribution is 14.1. The average molecular weight is 500 g/mol. The normalized spacial score (nSPS) is 10.3. The number of carbonyl (C=O) groups is 2. The number of ether oxygens (including phenoxy) is 1. The highest BCUT2D eigenvalue weighted by Crippen LogP contribution is 2.23. The van der Waals surface area contributed by atoms with Gasteiger partial charge in [0.05, 0.1) is 21.9 Å². The van der Waals surface area contributed by atoms with Crippen LogP contribution in [0.5, 0.6) is 5.75 Å². The van der Waals surface area contributed by atoms with Crippen LogP contribution in [0.2, 0.25) is 0 Å². The third-order valence-corrected chi connectivity index (χ3v) is 5.22. The summed E-state index contributed by atoms with van der Waals surface area (Å²) in [5.41, 5.74) is 2.55. The third kappa shape index (κ3) is 5.57. The smallest absolute Gasteiger partial charge is 0.255 e. The van der Waals surface area contributed by atoms with Gasteiger partial charge in [-0.3, -0.25) is 9.59 Å². The fourth-order valence-electron chi connectivity index (χ4n) is 2.85. The number of hydrogen-bond donors (Lipinski definition) is 2. The molecule has 0 saturated heterocycles. The molecular weight excluding hydrogens is 479 g/mol. The predicted octanol–water partition coefficient (Wildman–Crippen LogP) is 4.52. The summed E-state index contributed by atoms with van der Waals surface area (Å²) in [5.74, 6) is 0.205. The van der Waals surface area contributed by atoms with E-state index >= 15 is 0 Å². The van der Waals surface area contributed by atoms with Gasteiger partial charge in [-0.15, -0.1) is 0 Å². The first-order chi connectivity index (χ1) is 14.1. The topological polar surface area (TPSA) is 67.4 Å². The van der Waals surface area contributed by atoms with Gasteiger partial charge < -0.3 is 15.4 Å². The molecule has 0 bridgehead atoms. The molecule has 6 heteroatoms. The van der Waals surface area contributed by atoms with E-state index in [9.17, 15) is 9.59 Å². The second-order valence-corrected chi connectivity index (χ2v) is 7.50. The zero-order valence-electron chi connectivity index (χ0n) is 15.9. The molecule has 0 unspecified atom stereocenters. The highest BCUT2D eigenvalue weighted by atomic mass is 127. The molecule has 3 aromatic rings. The SMILES string of the molecule is COc1ccc(C(=O)Nc2ccccc2C(=O)NCCc2ccccc2)cc1I. The fraction of sp³-hybridized carbons (Fsp3) is 0.130. The van der Waals surface area contributed by atoms with Gasteiger partial charge in [-0.1, -0.05) is 42.5 Å². The monoisotopic (exact) mass is 500 g/mol. The van der Waals surface area contributed by atoms with Crippen molar-refractivity contribution in [2.24, 2.45) is 0 Å². The van der Waals surface area contributed by atoms with Crippen LogP contribution in [0.15, 0.2) is 72.8 Å². The molecule has 2 amide bonds. The Morgan fingerprint density at radius 1 is 0.931 bits per heavy atom. The summed E-state index contributed by atoms with van der Waals surface area (Å²) in [5, 5.41) is 5.75. The minimum Gasteiger partial charge on any atom is -0.496 e. The maximum absolute atomic E-state index is 12.7. The van der Waals surface area contributed by atoms with Crippen LogP contribution in [0.1, 0.15) is 26.3 Å². The molecule has 0 aliphatic heterocycles. The van der Waals surface area contributed by atoms with Gasteiger partial charge in [-0.25, -0.2) is 0 Å². The lowest BCUT2D eigenvalue weighted by molar-refractivity contribution is 0.0955. The van der Waals surface area contributed by atoms with Crippen molar-refractivity contribution < 1.29 is 14.3 Å². The number of para-hydroxylation sites is 1. The van der Waals surface area contributed by atoms with Crippen LogP contribution in [-0.2, 0) is 6.42 Å². The summed E-state index contributed by atoms with van der Waals surface area (Å²) in [6, 6.07) is 22.1. The number of rotatable bonds is 7. The number of methoxy groups -OCH3 is 1. The summed E-state index contributed by atoms with van der Waals surface area (Å²) >= 11 is 2.12. The molecule has 29 heavy (non-hydrogen) atoms. The molecule has 0 saturated carbocycles. The van der Waals surface area contributed by atoms with Crippen LogP contribution in [0.4, 0.5) is 5.69 Å². The second-order valence-electron chi connectivity index (χ2n) is 6.34. The van der Waals surface area contributed by atoms with Gasteiger partial charge in [-0.05, 0) is 64.9 Å². The molecular formula is C23H21IN2O3. The minimum atomic E-state index is -0.282. The lowest BCUT2D eigenvalue weighted by Crippen LogP contribution is -2.27. The van der Waals surface area contributed by atoms with E-state index in [-0.39, 0.29) is 11.8 Å². The summed E-state index contributed by atoms with van der Waals surface area (Å²) in [6.07, 6.45) is 0.741. The van der Waals surface area contributed by atoms with Crippen LogP contribution >= 0.6 is 22.6 Å². The average Bonchev–Trinajstić information content (AvgIpc) is 2.74. The molecule has 148 valence electrons. The molecule has 0 fully saturated rings. The van der Waals surface area contributed by atoms with Crippen molar-refractivity contribution in [2.45, 2.75) is 6.42 Å². The van der Waals surface area contributed by atoms with Crippen molar-refractivity contribution in [2.75, 3.05) is 19.0 Å². The van der Waals surface area contributed by atoms with Gasteiger partial charge in [0.25, 0.3) is 11.8 Å². The Morgan fingerprint density at radius 2 is 1.66 bits per heavy atom. The van der Waals surface area contributed by atoms with E-state index in [2.05, 4.69) is 33.2 Å². The molecule has 2 N–H and O–H groups in total. The first kappa shape index (κ1) is 20.9. The van der Waals surface area contributed by atoms with Gasteiger partial charge in [-0.2, -0.15) is 0 Å². The summed E-state index contributed by atoms with van der Waals surface area (Å²) in [7, 11) is 1.59. The van der Waals surface area contributed by atoms with E-state index < -0.39 is 0 Å². The van der Waals surface area contributed by atoms with Crippen molar-refractivity contribution >= 4 is 40.1 Å². The van der Waals surface area contributed by atoms with Gasteiger partial charge in [0.15, 0.2) is 0 Å². The van der Waals surface area contributed by atoms with Crippen LogP contribution < -0.4 is 15.4 Å². The summed E-state index contributed by atoms with van der Waals surface area (Å²) < 4.78 is 6.06. The maximum atomic E-state index is 12.7. The first-order valence-corrected chi connectivity index (χ1v) is 10.2. The van der Waals surface area contributed by atoms with Crippen LogP contribution in [0.25, 0.3) is 0 Å². The number of hydrogen-bond acceptors (Lipinski definition) is 3. The zero-order chi connectivity index (χ0) is 20.6. The fourth-order valence-corrected chi connectivity index (χ4v) is 3.59. The molecule has 0 spiro atoms. The molecule has 3 rings (SSSR count). The maximum Gasteiger partial charge on any atom is 0.255 e. The summed E-state index contributed by atoms with van der Waals surface area (Å²) in [4.78, 5) is 25.3. The quantitative estimate of drug-likeness (QED) is 0.469. The number of nitrogens with one attached hydrogen (secondary N) is 2. The van der Waals surface area contributed by atoms with Crippen molar-refractivity contribution in [3.63, 3.8) is 0 Å². The standard InChI is InChI=1S/C23H21IN2O3/c1-29-21-12-11-17(15-19(21)24)22(27)26-20-10-6-5-9-18(20)23(28)25-14-13-16-7-3-2-4-8-16/h2-12,15H,13-14H2,1H3,(H,25,28)(H,26,27). The van der Waals surface area contributed by atoms with E-state index in [4.69, 9.17) is 4.74 Å². The largest absolute Gasteiger partial charge is 0.496 e. The van der Waals surface area contributed by atoms with Gasteiger partial charge in [0, 0.05) is 12.1 Å². The van der Waals surface area contributed by atoms with E-state index in [1.54, 1.807) is 49.6 Å². The third-order valence-electron chi connectivity index (χ3n) is 4.38. The van der Waals surface area contributed by atoms with Crippen LogP contribution in [-0.4, -0.2) is 25.5 Å². The molecule has 0 aliphatic rings. The van der Waals surface area contributed by atoms with E-state index in [0.29, 0.717) is 29.1 Å². The number of halogens is 1. The molecule has 0 atom stereocenters. The molecule has 0 aliphatic carbocycles. The Balaban J connectivity index is 1.67. The predicted molar refractivity (Wildman–Crippen MR) is 123 cm³/mol. The molecule has 3 aromatic carbocycles. The molecule has 0 heterocycles. The number of anilines is 1. The Bertz CT molecular complexity index is 1010. The Labute approximate surface area is 183 Å². The Kier molecular flexibility index (Phi) is 7.24.